The highest BCUT2D eigenvalue weighted by atomic mass is 32.1. The second-order valence-corrected chi connectivity index (χ2v) is 4.15. The van der Waals surface area contributed by atoms with E-state index in [1.165, 1.54) is 17.6 Å². The molecule has 0 bridgehead atoms. The Balaban J connectivity index is 2.37. The smallest absolute Gasteiger partial charge is 0.128 e. The lowest BCUT2D eigenvalue weighted by atomic mass is 10.1. The molecule has 0 saturated heterocycles. The average Bonchev–Trinajstić information content (AvgIpc) is 2.80. The first-order valence-electron chi connectivity index (χ1n) is 5.08. The van der Waals surface area contributed by atoms with Crippen molar-refractivity contribution in [1.29, 1.82) is 0 Å². The van der Waals surface area contributed by atoms with Crippen LogP contribution in [0.3, 0.4) is 0 Å². The van der Waals surface area contributed by atoms with Crippen LogP contribution in [0.1, 0.15) is 23.4 Å². The van der Waals surface area contributed by atoms with Gasteiger partial charge in [-0.05, 0) is 24.1 Å². The first kappa shape index (κ1) is 11.2. The Morgan fingerprint density at radius 2 is 2.25 bits per heavy atom. The molecule has 0 saturated carbocycles. The van der Waals surface area contributed by atoms with Gasteiger partial charge >= 0.3 is 0 Å². The quantitative estimate of drug-likeness (QED) is 0.887. The van der Waals surface area contributed by atoms with Crippen molar-refractivity contribution in [2.45, 2.75) is 13.0 Å². The van der Waals surface area contributed by atoms with Crippen molar-refractivity contribution in [1.82, 2.24) is 14.9 Å². The minimum absolute atomic E-state index is 0.161. The van der Waals surface area contributed by atoms with Gasteiger partial charge in [0.15, 0.2) is 0 Å². The summed E-state index contributed by atoms with van der Waals surface area (Å²) in [5.41, 5.74) is 0.635. The summed E-state index contributed by atoms with van der Waals surface area (Å²) in [6, 6.07) is 6.60. The first-order chi connectivity index (χ1) is 7.83. The third kappa shape index (κ3) is 2.25. The first-order valence-corrected chi connectivity index (χ1v) is 5.85. The Labute approximate surface area is 97.5 Å². The molecule has 16 heavy (non-hydrogen) atoms. The summed E-state index contributed by atoms with van der Waals surface area (Å²) in [6.45, 7) is 2.75. The third-order valence-electron chi connectivity index (χ3n) is 2.29. The molecule has 0 amide bonds. The number of rotatable bonds is 4. The van der Waals surface area contributed by atoms with E-state index in [9.17, 15) is 4.39 Å². The van der Waals surface area contributed by atoms with E-state index in [2.05, 4.69) is 14.9 Å². The fraction of sp³-hybridized carbons (Fsp3) is 0.273. The van der Waals surface area contributed by atoms with Crippen molar-refractivity contribution in [2.75, 3.05) is 6.54 Å². The zero-order valence-electron chi connectivity index (χ0n) is 8.85. The zero-order chi connectivity index (χ0) is 11.4. The van der Waals surface area contributed by atoms with Crippen LogP contribution in [0.5, 0.6) is 0 Å². The predicted octanol–water partition coefficient (Wildman–Crippen LogP) is 2.38. The lowest BCUT2D eigenvalue weighted by Crippen LogP contribution is -2.22. The molecule has 0 aliphatic heterocycles. The van der Waals surface area contributed by atoms with Crippen molar-refractivity contribution >= 4 is 11.5 Å². The van der Waals surface area contributed by atoms with E-state index in [0.29, 0.717) is 5.56 Å². The number of benzene rings is 1. The minimum atomic E-state index is -0.207. The molecule has 0 fully saturated rings. The molecule has 2 rings (SSSR count). The molecule has 1 N–H and O–H groups in total. The maximum atomic E-state index is 13.7. The van der Waals surface area contributed by atoms with Crippen LogP contribution in [0, 0.1) is 5.82 Å². The molecule has 0 aliphatic carbocycles. The van der Waals surface area contributed by atoms with E-state index >= 15 is 0 Å². The van der Waals surface area contributed by atoms with Crippen LogP contribution in [-0.4, -0.2) is 16.1 Å². The van der Waals surface area contributed by atoms with E-state index in [-0.39, 0.29) is 11.9 Å². The van der Waals surface area contributed by atoms with Crippen molar-refractivity contribution < 1.29 is 4.39 Å². The molecule has 2 aromatic rings. The number of aromatic nitrogens is 2. The molecule has 0 aliphatic rings. The van der Waals surface area contributed by atoms with Crippen molar-refractivity contribution in [3.63, 3.8) is 0 Å². The Bertz CT molecular complexity index is 444. The van der Waals surface area contributed by atoms with Gasteiger partial charge in [-0.1, -0.05) is 29.6 Å². The molecule has 1 atom stereocenters. The van der Waals surface area contributed by atoms with Gasteiger partial charge in [-0.25, -0.2) is 4.39 Å². The fourth-order valence-electron chi connectivity index (χ4n) is 1.58. The zero-order valence-corrected chi connectivity index (χ0v) is 9.67. The molecule has 1 unspecified atom stereocenters. The van der Waals surface area contributed by atoms with Crippen molar-refractivity contribution in [3.05, 3.63) is 46.7 Å². The average molecular weight is 237 g/mol. The maximum absolute atomic E-state index is 13.7. The Morgan fingerprint density at radius 1 is 1.44 bits per heavy atom. The number of hydrogen-bond acceptors (Lipinski definition) is 4. The fourth-order valence-corrected chi connectivity index (χ4v) is 2.18. The van der Waals surface area contributed by atoms with Gasteiger partial charge in [-0.15, -0.1) is 5.10 Å². The van der Waals surface area contributed by atoms with Crippen LogP contribution in [0.4, 0.5) is 4.39 Å². The lowest BCUT2D eigenvalue weighted by Gasteiger charge is -2.16. The number of hydrogen-bond donors (Lipinski definition) is 1. The summed E-state index contributed by atoms with van der Waals surface area (Å²) in [5, 5.41) is 7.02. The summed E-state index contributed by atoms with van der Waals surface area (Å²) in [4.78, 5) is 0.923. The molecule has 0 spiro atoms. The van der Waals surface area contributed by atoms with E-state index in [0.717, 1.165) is 11.4 Å². The topological polar surface area (TPSA) is 37.8 Å². The maximum Gasteiger partial charge on any atom is 0.128 e. The predicted molar refractivity (Wildman–Crippen MR) is 61.8 cm³/mol. The molecule has 0 radical (unpaired) electrons. The molecular formula is C11H12FN3S. The highest BCUT2D eigenvalue weighted by molar-refractivity contribution is 7.05. The summed E-state index contributed by atoms with van der Waals surface area (Å²) in [7, 11) is 0. The molecule has 3 nitrogen and oxygen atoms in total. The third-order valence-corrected chi connectivity index (χ3v) is 3.02. The second kappa shape index (κ2) is 5.14. The Kier molecular flexibility index (Phi) is 3.58. The van der Waals surface area contributed by atoms with Crippen LogP contribution in [0.25, 0.3) is 0 Å². The molecule has 1 aromatic carbocycles. The molecular weight excluding hydrogens is 225 g/mol. The molecule has 1 heterocycles. The van der Waals surface area contributed by atoms with Gasteiger partial charge in [-0.2, -0.15) is 0 Å². The summed E-state index contributed by atoms with van der Waals surface area (Å²) in [5.74, 6) is -0.207. The van der Waals surface area contributed by atoms with Gasteiger partial charge < -0.3 is 5.32 Å². The second-order valence-electron chi connectivity index (χ2n) is 3.33. The van der Waals surface area contributed by atoms with Gasteiger partial charge in [0, 0.05) is 5.56 Å². The standard InChI is InChI=1S/C11H12FN3S/c1-2-13-11(10-7-14-15-16-10)8-5-3-4-6-9(8)12/h3-7,11,13H,2H2,1H3. The van der Waals surface area contributed by atoms with E-state index in [1.54, 1.807) is 18.3 Å². The molecule has 5 heteroatoms. The van der Waals surface area contributed by atoms with E-state index in [1.807, 2.05) is 13.0 Å². The van der Waals surface area contributed by atoms with Gasteiger partial charge in [0.05, 0.1) is 17.1 Å². The highest BCUT2D eigenvalue weighted by Gasteiger charge is 2.18. The Morgan fingerprint density at radius 3 is 2.88 bits per heavy atom. The number of nitrogens with zero attached hydrogens (tertiary/aromatic N) is 2. The largest absolute Gasteiger partial charge is 0.306 e. The monoisotopic (exact) mass is 237 g/mol. The van der Waals surface area contributed by atoms with Crippen molar-refractivity contribution in [3.8, 4) is 0 Å². The van der Waals surface area contributed by atoms with Crippen LogP contribution < -0.4 is 5.32 Å². The van der Waals surface area contributed by atoms with E-state index in [4.69, 9.17) is 0 Å². The minimum Gasteiger partial charge on any atom is -0.306 e. The van der Waals surface area contributed by atoms with Gasteiger partial charge in [0.1, 0.15) is 5.82 Å². The SMILES string of the molecule is CCNC(c1cnns1)c1ccccc1F. The highest BCUT2D eigenvalue weighted by Crippen LogP contribution is 2.25. The molecule has 84 valence electrons. The molecule has 1 aromatic heterocycles. The summed E-state index contributed by atoms with van der Waals surface area (Å²) < 4.78 is 17.5. The van der Waals surface area contributed by atoms with Crippen LogP contribution >= 0.6 is 11.5 Å². The van der Waals surface area contributed by atoms with Gasteiger partial charge in [-0.3, -0.25) is 0 Å². The van der Waals surface area contributed by atoms with Gasteiger partial charge in [0.25, 0.3) is 0 Å². The van der Waals surface area contributed by atoms with E-state index < -0.39 is 0 Å². The summed E-state index contributed by atoms with van der Waals surface area (Å²) >= 11 is 1.28. The van der Waals surface area contributed by atoms with Crippen LogP contribution in [0.2, 0.25) is 0 Å². The normalized spacial score (nSPS) is 12.6. The number of nitrogens with one attached hydrogen (secondary N) is 1. The van der Waals surface area contributed by atoms with Crippen LogP contribution in [0.15, 0.2) is 30.5 Å². The Hall–Kier alpha value is -1.33. The van der Waals surface area contributed by atoms with Crippen LogP contribution in [-0.2, 0) is 0 Å². The summed E-state index contributed by atoms with van der Waals surface area (Å²) in [6.07, 6.45) is 1.67. The van der Waals surface area contributed by atoms with Crippen molar-refractivity contribution in [2.24, 2.45) is 0 Å². The lowest BCUT2D eigenvalue weighted by molar-refractivity contribution is 0.563. The number of halogens is 1. The van der Waals surface area contributed by atoms with Gasteiger partial charge in [0.2, 0.25) is 0 Å².